The van der Waals surface area contributed by atoms with Crippen LogP contribution in [0.2, 0.25) is 0 Å². The highest BCUT2D eigenvalue weighted by molar-refractivity contribution is 5.92. The molecule has 1 amide bonds. The van der Waals surface area contributed by atoms with E-state index >= 15 is 0 Å². The van der Waals surface area contributed by atoms with E-state index in [0.29, 0.717) is 23.0 Å². The average molecular weight is 314 g/mol. The minimum absolute atomic E-state index is 0.176. The summed E-state index contributed by atoms with van der Waals surface area (Å²) in [5.74, 6) is -0.157. The summed E-state index contributed by atoms with van der Waals surface area (Å²) in [6.45, 7) is 1.81. The first-order chi connectivity index (χ1) is 11.1. The number of rotatable bonds is 4. The van der Waals surface area contributed by atoms with Gasteiger partial charge in [0.05, 0.1) is 0 Å². The first kappa shape index (κ1) is 15.4. The van der Waals surface area contributed by atoms with Crippen LogP contribution < -0.4 is 10.6 Å². The first-order valence-corrected chi connectivity index (χ1v) is 7.79. The van der Waals surface area contributed by atoms with Gasteiger partial charge < -0.3 is 10.6 Å². The molecule has 0 saturated heterocycles. The molecule has 1 aromatic heterocycles. The monoisotopic (exact) mass is 314 g/mol. The van der Waals surface area contributed by atoms with Crippen molar-refractivity contribution in [3.05, 3.63) is 47.5 Å². The third kappa shape index (κ3) is 4.03. The number of nitrogens with zero attached hydrogens (tertiary/aromatic N) is 2. The van der Waals surface area contributed by atoms with Crippen molar-refractivity contribution in [3.8, 4) is 0 Å². The van der Waals surface area contributed by atoms with Crippen molar-refractivity contribution in [2.24, 2.45) is 0 Å². The van der Waals surface area contributed by atoms with Crippen molar-refractivity contribution in [1.29, 1.82) is 0 Å². The van der Waals surface area contributed by atoms with E-state index < -0.39 is 0 Å². The highest BCUT2D eigenvalue weighted by Gasteiger charge is 2.19. The number of benzene rings is 1. The molecule has 120 valence electrons. The summed E-state index contributed by atoms with van der Waals surface area (Å²) in [4.78, 5) is 20.9. The molecule has 2 N–H and O–H groups in total. The topological polar surface area (TPSA) is 66.9 Å². The lowest BCUT2D eigenvalue weighted by Crippen LogP contribution is -2.33. The molecule has 0 radical (unpaired) electrons. The number of carbonyl (C=O) groups excluding carboxylic acids is 1. The molecule has 1 aliphatic carbocycles. The molecular weight excluding hydrogens is 295 g/mol. The molecule has 1 aromatic carbocycles. The lowest BCUT2D eigenvalue weighted by molar-refractivity contribution is 0.0932. The van der Waals surface area contributed by atoms with Gasteiger partial charge in [0.1, 0.15) is 11.5 Å². The quantitative estimate of drug-likeness (QED) is 0.908. The highest BCUT2D eigenvalue weighted by Crippen LogP contribution is 2.19. The van der Waals surface area contributed by atoms with Crippen LogP contribution in [0.5, 0.6) is 0 Å². The number of carbonyl (C=O) groups is 1. The maximum atomic E-state index is 12.9. The third-order valence-electron chi connectivity index (χ3n) is 3.88. The number of aromatic nitrogens is 2. The minimum Gasteiger partial charge on any atom is -0.348 e. The lowest BCUT2D eigenvalue weighted by atomic mass is 10.2. The second kappa shape index (κ2) is 6.73. The van der Waals surface area contributed by atoms with Gasteiger partial charge in [-0.1, -0.05) is 12.8 Å². The van der Waals surface area contributed by atoms with Crippen LogP contribution in [0, 0.1) is 12.7 Å². The van der Waals surface area contributed by atoms with Crippen LogP contribution in [0.3, 0.4) is 0 Å². The van der Waals surface area contributed by atoms with Crippen molar-refractivity contribution in [3.63, 3.8) is 0 Å². The second-order valence-electron chi connectivity index (χ2n) is 5.80. The van der Waals surface area contributed by atoms with Gasteiger partial charge in [-0.3, -0.25) is 4.79 Å². The summed E-state index contributed by atoms with van der Waals surface area (Å²) in [6.07, 6.45) is 4.36. The molecule has 1 aliphatic rings. The maximum absolute atomic E-state index is 12.9. The van der Waals surface area contributed by atoms with Gasteiger partial charge in [-0.25, -0.2) is 14.4 Å². The molecule has 2 aromatic rings. The largest absolute Gasteiger partial charge is 0.348 e. The van der Waals surface area contributed by atoms with Crippen molar-refractivity contribution in [1.82, 2.24) is 15.3 Å². The molecule has 3 rings (SSSR count). The lowest BCUT2D eigenvalue weighted by Gasteiger charge is -2.12. The minimum atomic E-state index is -0.308. The smallest absolute Gasteiger partial charge is 0.270 e. The van der Waals surface area contributed by atoms with E-state index in [2.05, 4.69) is 20.6 Å². The van der Waals surface area contributed by atoms with Crippen LogP contribution in [-0.4, -0.2) is 21.9 Å². The Morgan fingerprint density at radius 2 is 1.87 bits per heavy atom. The number of hydrogen-bond donors (Lipinski definition) is 2. The molecule has 0 unspecified atom stereocenters. The van der Waals surface area contributed by atoms with Gasteiger partial charge in [-0.2, -0.15) is 0 Å². The average Bonchev–Trinajstić information content (AvgIpc) is 3.02. The Balaban J connectivity index is 1.75. The molecule has 0 spiro atoms. The van der Waals surface area contributed by atoms with Crippen LogP contribution in [-0.2, 0) is 0 Å². The van der Waals surface area contributed by atoms with E-state index in [1.165, 1.54) is 12.1 Å². The SMILES string of the molecule is Cc1cc(C(=O)NC2CCCC2)nc(Nc2ccc(F)cc2)n1. The summed E-state index contributed by atoms with van der Waals surface area (Å²) in [7, 11) is 0. The van der Waals surface area contributed by atoms with Crippen molar-refractivity contribution in [2.45, 2.75) is 38.6 Å². The highest BCUT2D eigenvalue weighted by atomic mass is 19.1. The van der Waals surface area contributed by atoms with Gasteiger partial charge in [0.2, 0.25) is 5.95 Å². The summed E-state index contributed by atoms with van der Waals surface area (Å²) < 4.78 is 12.9. The maximum Gasteiger partial charge on any atom is 0.270 e. The number of hydrogen-bond acceptors (Lipinski definition) is 4. The zero-order valence-electron chi connectivity index (χ0n) is 13.0. The molecule has 0 aliphatic heterocycles. The van der Waals surface area contributed by atoms with E-state index in [1.54, 1.807) is 18.2 Å². The van der Waals surface area contributed by atoms with Crippen molar-refractivity contribution < 1.29 is 9.18 Å². The molecule has 0 bridgehead atoms. The first-order valence-electron chi connectivity index (χ1n) is 7.79. The van der Waals surface area contributed by atoms with E-state index in [4.69, 9.17) is 0 Å². The summed E-state index contributed by atoms with van der Waals surface area (Å²) in [5, 5.41) is 6.01. The number of halogens is 1. The number of nitrogens with one attached hydrogen (secondary N) is 2. The Hall–Kier alpha value is -2.50. The predicted octanol–water partition coefficient (Wildman–Crippen LogP) is 3.34. The summed E-state index contributed by atoms with van der Waals surface area (Å²) >= 11 is 0. The molecule has 0 atom stereocenters. The molecule has 6 heteroatoms. The zero-order valence-corrected chi connectivity index (χ0v) is 13.0. The van der Waals surface area contributed by atoms with Gasteiger partial charge in [0, 0.05) is 17.4 Å². The van der Waals surface area contributed by atoms with E-state index in [9.17, 15) is 9.18 Å². The van der Waals surface area contributed by atoms with E-state index in [0.717, 1.165) is 25.7 Å². The van der Waals surface area contributed by atoms with Gasteiger partial charge in [-0.15, -0.1) is 0 Å². The molecule has 1 fully saturated rings. The number of aryl methyl sites for hydroxylation is 1. The van der Waals surface area contributed by atoms with Gasteiger partial charge in [0.15, 0.2) is 0 Å². The Morgan fingerprint density at radius 3 is 2.57 bits per heavy atom. The fraction of sp³-hybridized carbons (Fsp3) is 0.353. The Kier molecular flexibility index (Phi) is 4.50. The van der Waals surface area contributed by atoms with Crippen LogP contribution in [0.15, 0.2) is 30.3 Å². The standard InChI is InChI=1S/C17H19FN4O/c1-11-10-15(16(23)20-13-4-2-3-5-13)22-17(19-11)21-14-8-6-12(18)7-9-14/h6-10,13H,2-5H2,1H3,(H,20,23)(H,19,21,22). The van der Waals surface area contributed by atoms with Crippen LogP contribution in [0.4, 0.5) is 16.0 Å². The van der Waals surface area contributed by atoms with Crippen LogP contribution in [0.1, 0.15) is 41.9 Å². The van der Waals surface area contributed by atoms with Crippen molar-refractivity contribution in [2.75, 3.05) is 5.32 Å². The third-order valence-corrected chi connectivity index (χ3v) is 3.88. The van der Waals surface area contributed by atoms with E-state index in [1.807, 2.05) is 6.92 Å². The van der Waals surface area contributed by atoms with Gasteiger partial charge in [-0.05, 0) is 50.1 Å². The Morgan fingerprint density at radius 1 is 1.17 bits per heavy atom. The Labute approximate surface area is 134 Å². The van der Waals surface area contributed by atoms with Crippen LogP contribution >= 0.6 is 0 Å². The molecular formula is C17H19FN4O. The zero-order chi connectivity index (χ0) is 16.2. The van der Waals surface area contributed by atoms with Crippen molar-refractivity contribution >= 4 is 17.5 Å². The molecule has 1 saturated carbocycles. The van der Waals surface area contributed by atoms with Crippen LogP contribution in [0.25, 0.3) is 0 Å². The molecule has 23 heavy (non-hydrogen) atoms. The number of anilines is 2. The normalized spacial score (nSPS) is 14.7. The van der Waals surface area contributed by atoms with Gasteiger partial charge in [0.25, 0.3) is 5.91 Å². The van der Waals surface area contributed by atoms with Gasteiger partial charge >= 0.3 is 0 Å². The number of amides is 1. The summed E-state index contributed by atoms with van der Waals surface area (Å²) in [5.41, 5.74) is 1.70. The molecule has 5 nitrogen and oxygen atoms in total. The predicted molar refractivity (Wildman–Crippen MR) is 86.2 cm³/mol. The second-order valence-corrected chi connectivity index (χ2v) is 5.80. The van der Waals surface area contributed by atoms with E-state index in [-0.39, 0.29) is 17.8 Å². The fourth-order valence-corrected chi connectivity index (χ4v) is 2.73. The Bertz CT molecular complexity index is 696. The molecule has 1 heterocycles. The summed E-state index contributed by atoms with van der Waals surface area (Å²) in [6, 6.07) is 7.81. The fourth-order valence-electron chi connectivity index (χ4n) is 2.73.